The summed E-state index contributed by atoms with van der Waals surface area (Å²) >= 11 is 6.17. The van der Waals surface area contributed by atoms with Gasteiger partial charge in [-0.3, -0.25) is 4.79 Å². The van der Waals surface area contributed by atoms with Crippen molar-refractivity contribution in [3.8, 4) is 0 Å². The van der Waals surface area contributed by atoms with Crippen LogP contribution in [0.1, 0.15) is 34.5 Å². The van der Waals surface area contributed by atoms with E-state index < -0.39 is 0 Å². The molecule has 3 heteroatoms. The normalized spacial score (nSPS) is 14.3. The van der Waals surface area contributed by atoms with Gasteiger partial charge in [0.25, 0.3) is 0 Å². The first-order chi connectivity index (χ1) is 10.7. The van der Waals surface area contributed by atoms with Crippen molar-refractivity contribution < 1.29 is 4.79 Å². The maximum Gasteiger partial charge on any atom is 0.179 e. The van der Waals surface area contributed by atoms with Crippen molar-refractivity contribution in [2.45, 2.75) is 25.8 Å². The highest BCUT2D eigenvalue weighted by atomic mass is 35.5. The molecule has 22 heavy (non-hydrogen) atoms. The molecule has 1 aliphatic carbocycles. The fraction of sp³-hybridized carbons (Fsp3) is 0.211. The third-order valence-corrected chi connectivity index (χ3v) is 4.64. The molecule has 0 unspecified atom stereocenters. The molecule has 3 aromatic rings. The van der Waals surface area contributed by atoms with E-state index in [9.17, 15) is 4.79 Å². The maximum absolute atomic E-state index is 12.5. The van der Waals surface area contributed by atoms with E-state index in [4.69, 9.17) is 11.6 Å². The van der Waals surface area contributed by atoms with Gasteiger partial charge < -0.3 is 4.57 Å². The first-order valence-electron chi connectivity index (χ1n) is 7.62. The SMILES string of the molecule is O=C1CCCc2c1n(Cc1ccccc1)c1ccc(Cl)cc21. The van der Waals surface area contributed by atoms with Crippen molar-refractivity contribution in [3.05, 3.63) is 70.4 Å². The standard InChI is InChI=1S/C19H16ClNO/c20-14-9-10-17-16(11-14)15-7-4-8-18(22)19(15)21(17)12-13-5-2-1-3-6-13/h1-3,5-6,9-11H,4,7-8,12H2. The van der Waals surface area contributed by atoms with E-state index in [1.165, 1.54) is 11.1 Å². The van der Waals surface area contributed by atoms with Crippen LogP contribution in [0.4, 0.5) is 0 Å². The summed E-state index contributed by atoms with van der Waals surface area (Å²) in [6.45, 7) is 0.722. The first-order valence-corrected chi connectivity index (χ1v) is 7.99. The van der Waals surface area contributed by atoms with E-state index in [0.29, 0.717) is 6.42 Å². The Balaban J connectivity index is 1.96. The van der Waals surface area contributed by atoms with Crippen molar-refractivity contribution in [2.75, 3.05) is 0 Å². The number of benzene rings is 2. The number of carbonyl (C=O) groups is 1. The van der Waals surface area contributed by atoms with Crippen LogP contribution >= 0.6 is 11.6 Å². The minimum atomic E-state index is 0.254. The Bertz CT molecular complexity index is 864. The Kier molecular flexibility index (Phi) is 3.27. The van der Waals surface area contributed by atoms with E-state index in [2.05, 4.69) is 16.7 Å². The molecular formula is C19H16ClNO. The van der Waals surface area contributed by atoms with Gasteiger partial charge in [-0.05, 0) is 42.2 Å². The van der Waals surface area contributed by atoms with Crippen LogP contribution in [0.15, 0.2) is 48.5 Å². The summed E-state index contributed by atoms with van der Waals surface area (Å²) in [5, 5.41) is 1.86. The number of hydrogen-bond acceptors (Lipinski definition) is 1. The molecule has 1 aliphatic rings. The van der Waals surface area contributed by atoms with Crippen molar-refractivity contribution >= 4 is 28.3 Å². The molecule has 0 atom stereocenters. The fourth-order valence-electron chi connectivity index (χ4n) is 3.44. The number of nitrogens with zero attached hydrogens (tertiary/aromatic N) is 1. The number of rotatable bonds is 2. The second kappa shape index (κ2) is 5.29. The van der Waals surface area contributed by atoms with Crippen LogP contribution < -0.4 is 0 Å². The molecule has 0 saturated carbocycles. The predicted octanol–water partition coefficient (Wildman–Crippen LogP) is 4.86. The largest absolute Gasteiger partial charge is 0.333 e. The molecule has 4 rings (SSSR count). The Labute approximate surface area is 134 Å². The van der Waals surface area contributed by atoms with Gasteiger partial charge in [-0.1, -0.05) is 41.9 Å². The molecule has 2 nitrogen and oxygen atoms in total. The molecule has 0 saturated heterocycles. The van der Waals surface area contributed by atoms with Gasteiger partial charge in [-0.25, -0.2) is 0 Å². The molecule has 0 fully saturated rings. The first kappa shape index (κ1) is 13.6. The van der Waals surface area contributed by atoms with E-state index in [-0.39, 0.29) is 5.78 Å². The zero-order valence-corrected chi connectivity index (χ0v) is 12.9. The summed E-state index contributed by atoms with van der Waals surface area (Å²) in [5.74, 6) is 0.254. The third-order valence-electron chi connectivity index (χ3n) is 4.41. The number of Topliss-reactive ketones (excluding diaryl/α,β-unsaturated/α-hetero) is 1. The second-order valence-electron chi connectivity index (χ2n) is 5.84. The highest BCUT2D eigenvalue weighted by molar-refractivity contribution is 6.31. The molecule has 1 heterocycles. The van der Waals surface area contributed by atoms with Gasteiger partial charge >= 0.3 is 0 Å². The molecule has 0 amide bonds. The lowest BCUT2D eigenvalue weighted by molar-refractivity contribution is 0.0964. The number of carbonyl (C=O) groups excluding carboxylic acids is 1. The lowest BCUT2D eigenvalue weighted by Crippen LogP contribution is -2.15. The third kappa shape index (κ3) is 2.15. The van der Waals surface area contributed by atoms with Crippen molar-refractivity contribution in [2.24, 2.45) is 0 Å². The molecule has 0 bridgehead atoms. The van der Waals surface area contributed by atoms with Crippen LogP contribution in [0.3, 0.4) is 0 Å². The van der Waals surface area contributed by atoms with Gasteiger partial charge in [0.2, 0.25) is 0 Å². The van der Waals surface area contributed by atoms with E-state index >= 15 is 0 Å². The summed E-state index contributed by atoms with van der Waals surface area (Å²) in [4.78, 5) is 12.5. The zero-order valence-electron chi connectivity index (χ0n) is 12.2. The van der Waals surface area contributed by atoms with Crippen molar-refractivity contribution in [3.63, 3.8) is 0 Å². The van der Waals surface area contributed by atoms with E-state index in [0.717, 1.165) is 41.0 Å². The lowest BCUT2D eigenvalue weighted by Gasteiger charge is -2.15. The molecule has 0 radical (unpaired) electrons. The van der Waals surface area contributed by atoms with Crippen LogP contribution in [0.5, 0.6) is 0 Å². The number of fused-ring (bicyclic) bond motifs is 3. The van der Waals surface area contributed by atoms with Gasteiger partial charge in [0.1, 0.15) is 0 Å². The summed E-state index contributed by atoms with van der Waals surface area (Å²) in [5.41, 5.74) is 4.36. The molecular weight excluding hydrogens is 294 g/mol. The Morgan fingerprint density at radius 3 is 2.68 bits per heavy atom. The smallest absolute Gasteiger partial charge is 0.179 e. The second-order valence-corrected chi connectivity index (χ2v) is 6.27. The summed E-state index contributed by atoms with van der Waals surface area (Å²) in [6, 6.07) is 16.2. The minimum absolute atomic E-state index is 0.254. The summed E-state index contributed by atoms with van der Waals surface area (Å²) < 4.78 is 2.16. The van der Waals surface area contributed by atoms with Crippen LogP contribution in [0.25, 0.3) is 10.9 Å². The topological polar surface area (TPSA) is 22.0 Å². The Hall–Kier alpha value is -2.06. The predicted molar refractivity (Wildman–Crippen MR) is 89.8 cm³/mol. The number of aryl methyl sites for hydroxylation is 1. The maximum atomic E-state index is 12.5. The van der Waals surface area contributed by atoms with E-state index in [1.54, 1.807) is 0 Å². The highest BCUT2D eigenvalue weighted by Gasteiger charge is 2.25. The quantitative estimate of drug-likeness (QED) is 0.662. The molecule has 1 aromatic heterocycles. The van der Waals surface area contributed by atoms with Crippen LogP contribution in [-0.2, 0) is 13.0 Å². The van der Waals surface area contributed by atoms with Gasteiger partial charge in [0, 0.05) is 28.9 Å². The number of halogens is 1. The monoisotopic (exact) mass is 309 g/mol. The molecule has 0 N–H and O–H groups in total. The minimum Gasteiger partial charge on any atom is -0.333 e. The molecule has 0 aliphatic heterocycles. The van der Waals surface area contributed by atoms with E-state index in [1.807, 2.05) is 36.4 Å². The van der Waals surface area contributed by atoms with Crippen LogP contribution in [-0.4, -0.2) is 10.4 Å². The van der Waals surface area contributed by atoms with Crippen molar-refractivity contribution in [1.29, 1.82) is 0 Å². The lowest BCUT2D eigenvalue weighted by atomic mass is 9.94. The zero-order chi connectivity index (χ0) is 15.1. The van der Waals surface area contributed by atoms with Gasteiger partial charge in [0.15, 0.2) is 5.78 Å². The number of ketones is 1. The number of hydrogen-bond donors (Lipinski definition) is 0. The van der Waals surface area contributed by atoms with Gasteiger partial charge in [0.05, 0.1) is 5.69 Å². The molecule has 0 spiro atoms. The van der Waals surface area contributed by atoms with Gasteiger partial charge in [-0.15, -0.1) is 0 Å². The summed E-state index contributed by atoms with van der Waals surface area (Å²) in [7, 11) is 0. The highest BCUT2D eigenvalue weighted by Crippen LogP contribution is 2.34. The number of aromatic nitrogens is 1. The molecule has 110 valence electrons. The Morgan fingerprint density at radius 2 is 1.86 bits per heavy atom. The summed E-state index contributed by atoms with van der Waals surface area (Å²) in [6.07, 6.45) is 2.54. The average Bonchev–Trinajstić information content (AvgIpc) is 2.83. The Morgan fingerprint density at radius 1 is 1.05 bits per heavy atom. The van der Waals surface area contributed by atoms with Crippen molar-refractivity contribution in [1.82, 2.24) is 4.57 Å². The van der Waals surface area contributed by atoms with Crippen LogP contribution in [0.2, 0.25) is 5.02 Å². The molecule has 2 aromatic carbocycles. The average molecular weight is 310 g/mol. The van der Waals surface area contributed by atoms with Gasteiger partial charge in [-0.2, -0.15) is 0 Å². The fourth-order valence-corrected chi connectivity index (χ4v) is 3.61. The van der Waals surface area contributed by atoms with Crippen LogP contribution in [0, 0.1) is 0 Å².